The van der Waals surface area contributed by atoms with Crippen LogP contribution in [-0.2, 0) is 12.8 Å². The van der Waals surface area contributed by atoms with Crippen LogP contribution in [0.3, 0.4) is 0 Å². The molecule has 0 aliphatic carbocycles. The van der Waals surface area contributed by atoms with Gasteiger partial charge in [-0.3, -0.25) is 0 Å². The number of fused-ring (bicyclic) bond motifs is 7. The van der Waals surface area contributed by atoms with E-state index in [1.165, 1.54) is 143 Å². The Hall–Kier alpha value is -4.30. The summed E-state index contributed by atoms with van der Waals surface area (Å²) in [6, 6.07) is 36.8. The maximum Gasteiger partial charge on any atom is 0.0644 e. The number of hydrogen-bond donors (Lipinski definition) is 0. The van der Waals surface area contributed by atoms with Crippen molar-refractivity contribution >= 4 is 43.6 Å². The minimum atomic E-state index is 1.12. The Morgan fingerprint density at radius 1 is 0.420 bits per heavy atom. The normalized spacial score (nSPS) is 11.9. The Balaban J connectivity index is 1.58. The van der Waals surface area contributed by atoms with Crippen molar-refractivity contribution in [1.29, 1.82) is 0 Å². The maximum absolute atomic E-state index is 2.62. The summed E-state index contributed by atoms with van der Waals surface area (Å²) in [5.41, 5.74) is 13.7. The number of benzene rings is 5. The third-order valence-corrected chi connectivity index (χ3v) is 11.1. The summed E-state index contributed by atoms with van der Waals surface area (Å²) < 4.78 is 5.23. The smallest absolute Gasteiger partial charge is 0.0644 e. The van der Waals surface area contributed by atoms with Gasteiger partial charge in [-0.15, -0.1) is 0 Å². The van der Waals surface area contributed by atoms with E-state index in [-0.39, 0.29) is 0 Å². The summed E-state index contributed by atoms with van der Waals surface area (Å²) in [6.45, 7) is 9.05. The molecule has 0 N–H and O–H groups in total. The van der Waals surface area contributed by atoms with Crippen molar-refractivity contribution in [3.05, 3.63) is 119 Å². The summed E-state index contributed by atoms with van der Waals surface area (Å²) >= 11 is 0. The minimum absolute atomic E-state index is 1.12. The topological polar surface area (TPSA) is 9.86 Å². The molecule has 0 radical (unpaired) electrons. The third-order valence-electron chi connectivity index (χ3n) is 11.1. The molecule has 0 saturated heterocycles. The highest BCUT2D eigenvalue weighted by atomic mass is 15.0. The molecule has 50 heavy (non-hydrogen) atoms. The molecule has 2 heterocycles. The maximum atomic E-state index is 2.62. The molecule has 2 aromatic heterocycles. The lowest BCUT2D eigenvalue weighted by Gasteiger charge is -2.19. The fraction of sp³-hybridized carbons (Fsp3) is 0.375. The van der Waals surface area contributed by atoms with Crippen molar-refractivity contribution in [2.45, 2.75) is 118 Å². The average molecular weight is 661 g/mol. The van der Waals surface area contributed by atoms with E-state index < -0.39 is 0 Å². The van der Waals surface area contributed by atoms with Crippen molar-refractivity contribution in [2.24, 2.45) is 0 Å². The first-order chi connectivity index (χ1) is 24.6. The Bertz CT molecular complexity index is 2210. The second-order valence-corrected chi connectivity index (χ2v) is 14.8. The Kier molecular flexibility index (Phi) is 10.7. The summed E-state index contributed by atoms with van der Waals surface area (Å²) in [5, 5.41) is 5.63. The molecular weight excluding hydrogens is 605 g/mol. The number of rotatable bonds is 16. The summed E-state index contributed by atoms with van der Waals surface area (Å²) in [7, 11) is 0. The number of hydrogen-bond acceptors (Lipinski definition) is 0. The second-order valence-electron chi connectivity index (χ2n) is 14.8. The molecule has 0 bridgehead atoms. The van der Waals surface area contributed by atoms with Crippen molar-refractivity contribution in [3.8, 4) is 11.4 Å². The third kappa shape index (κ3) is 6.62. The minimum Gasteiger partial charge on any atom is -0.309 e. The molecule has 0 unspecified atom stereocenters. The molecular formula is C48H56N2. The fourth-order valence-electron chi connectivity index (χ4n) is 8.55. The Morgan fingerprint density at radius 2 is 0.960 bits per heavy atom. The van der Waals surface area contributed by atoms with E-state index in [1.807, 2.05) is 0 Å². The van der Waals surface area contributed by atoms with Gasteiger partial charge in [0.25, 0.3) is 0 Å². The van der Waals surface area contributed by atoms with Crippen molar-refractivity contribution in [1.82, 2.24) is 9.13 Å². The lowest BCUT2D eigenvalue weighted by Crippen LogP contribution is -2.04. The molecule has 0 amide bonds. The number of unbranched alkanes of at least 4 members (excludes halogenated alkanes) is 10. The molecule has 7 aromatic rings. The van der Waals surface area contributed by atoms with E-state index in [0.29, 0.717) is 0 Å². The van der Waals surface area contributed by atoms with Gasteiger partial charge >= 0.3 is 0 Å². The zero-order valence-electron chi connectivity index (χ0n) is 31.0. The van der Waals surface area contributed by atoms with Gasteiger partial charge in [0, 0.05) is 32.9 Å². The average Bonchev–Trinajstić information content (AvgIpc) is 3.66. The van der Waals surface area contributed by atoms with Crippen LogP contribution in [0.25, 0.3) is 55.0 Å². The predicted octanol–water partition coefficient (Wildman–Crippen LogP) is 14.3. The molecule has 5 aromatic carbocycles. The van der Waals surface area contributed by atoms with E-state index in [4.69, 9.17) is 0 Å². The zero-order valence-corrected chi connectivity index (χ0v) is 31.0. The van der Waals surface area contributed by atoms with Crippen molar-refractivity contribution in [3.63, 3.8) is 0 Å². The number of para-hydroxylation sites is 2. The first-order valence-electron chi connectivity index (χ1n) is 19.8. The van der Waals surface area contributed by atoms with Gasteiger partial charge in [-0.2, -0.15) is 0 Å². The first kappa shape index (κ1) is 34.2. The summed E-state index contributed by atoms with van der Waals surface area (Å²) in [4.78, 5) is 0. The number of nitrogens with zero attached hydrogens (tertiary/aromatic N) is 2. The Labute approximate surface area is 300 Å². The predicted molar refractivity (Wildman–Crippen MR) is 219 cm³/mol. The van der Waals surface area contributed by atoms with Crippen LogP contribution >= 0.6 is 0 Å². The first-order valence-corrected chi connectivity index (χ1v) is 19.8. The zero-order chi connectivity index (χ0) is 34.5. The van der Waals surface area contributed by atoms with E-state index in [0.717, 1.165) is 12.8 Å². The monoisotopic (exact) mass is 660 g/mol. The molecule has 2 nitrogen and oxygen atoms in total. The number of aromatic nitrogens is 2. The highest BCUT2D eigenvalue weighted by molar-refractivity contribution is 6.28. The lowest BCUT2D eigenvalue weighted by atomic mass is 9.89. The van der Waals surface area contributed by atoms with Crippen LogP contribution in [0.5, 0.6) is 0 Å². The van der Waals surface area contributed by atoms with E-state index in [2.05, 4.69) is 134 Å². The summed E-state index contributed by atoms with van der Waals surface area (Å²) in [6.07, 6.45) is 18.0. The molecule has 258 valence electrons. The van der Waals surface area contributed by atoms with Crippen LogP contribution in [0.15, 0.2) is 97.1 Å². The van der Waals surface area contributed by atoms with Crippen molar-refractivity contribution < 1.29 is 0 Å². The largest absolute Gasteiger partial charge is 0.309 e. The second kappa shape index (κ2) is 15.7. The van der Waals surface area contributed by atoms with E-state index in [9.17, 15) is 0 Å². The van der Waals surface area contributed by atoms with Crippen LogP contribution in [-0.4, -0.2) is 9.13 Å². The van der Waals surface area contributed by atoms with Crippen molar-refractivity contribution in [2.75, 3.05) is 0 Å². The summed E-state index contributed by atoms with van der Waals surface area (Å²) in [5.74, 6) is 0. The quantitative estimate of drug-likeness (QED) is 0.0913. The van der Waals surface area contributed by atoms with Crippen LogP contribution in [0.2, 0.25) is 0 Å². The number of aryl methyl sites for hydroxylation is 4. The van der Waals surface area contributed by atoms with Gasteiger partial charge in [-0.1, -0.05) is 144 Å². The van der Waals surface area contributed by atoms with Crippen LogP contribution in [0.1, 0.15) is 113 Å². The van der Waals surface area contributed by atoms with Gasteiger partial charge in [0.15, 0.2) is 0 Å². The van der Waals surface area contributed by atoms with E-state index >= 15 is 0 Å². The highest BCUT2D eigenvalue weighted by Gasteiger charge is 2.27. The molecule has 0 spiro atoms. The SMILES string of the molecule is CCCCCCCCc1c(CCCCCCCC)c2c(c3ccccc3n2-c2ccc(C)cc2)c2c1c1ccccc1n2-c1cccc(C)c1. The van der Waals surface area contributed by atoms with Gasteiger partial charge in [0.1, 0.15) is 0 Å². The molecule has 7 rings (SSSR count). The standard InChI is InChI=1S/C48H56N2/c1-5-7-9-11-13-15-24-39-40(25-16-14-12-10-8-6-2)47-46(42-27-18-20-29-44(42)49(47)37-32-30-35(3)31-33-37)48-45(39)41-26-17-19-28-43(41)50(48)38-23-21-22-36(4)34-38/h17-23,26-34H,5-16,24-25H2,1-4H3. The van der Waals surface area contributed by atoms with Gasteiger partial charge in [-0.05, 0) is 92.6 Å². The fourth-order valence-corrected chi connectivity index (χ4v) is 8.55. The van der Waals surface area contributed by atoms with Crippen LogP contribution < -0.4 is 0 Å². The van der Waals surface area contributed by atoms with Gasteiger partial charge in [0.05, 0.1) is 22.1 Å². The Morgan fingerprint density at radius 3 is 1.58 bits per heavy atom. The van der Waals surface area contributed by atoms with Crippen LogP contribution in [0.4, 0.5) is 0 Å². The molecule has 0 atom stereocenters. The highest BCUT2D eigenvalue weighted by Crippen LogP contribution is 2.46. The molecule has 0 saturated carbocycles. The molecule has 0 aliphatic rings. The van der Waals surface area contributed by atoms with E-state index in [1.54, 1.807) is 11.1 Å². The van der Waals surface area contributed by atoms with Crippen LogP contribution in [0, 0.1) is 13.8 Å². The molecule has 2 heteroatoms. The van der Waals surface area contributed by atoms with Gasteiger partial charge < -0.3 is 9.13 Å². The molecule has 0 aliphatic heterocycles. The van der Waals surface area contributed by atoms with Gasteiger partial charge in [0.2, 0.25) is 0 Å². The lowest BCUT2D eigenvalue weighted by molar-refractivity contribution is 0.600. The van der Waals surface area contributed by atoms with Gasteiger partial charge in [-0.25, -0.2) is 0 Å². The molecule has 0 fully saturated rings.